The fourth-order valence-corrected chi connectivity index (χ4v) is 6.85. The van der Waals surface area contributed by atoms with Gasteiger partial charge < -0.3 is 10.1 Å². The third kappa shape index (κ3) is 7.32. The Hall–Kier alpha value is -2.62. The van der Waals surface area contributed by atoms with E-state index >= 15 is 0 Å². The van der Waals surface area contributed by atoms with Crippen LogP contribution >= 0.6 is 23.2 Å². The molecule has 2 N–H and O–H groups in total. The van der Waals surface area contributed by atoms with Gasteiger partial charge in [0, 0.05) is 53.5 Å². The number of carbonyl (C=O) groups is 1. The highest BCUT2D eigenvalue weighted by Crippen LogP contribution is 2.36. The molecule has 0 aliphatic carbocycles. The molecule has 0 aromatic heterocycles. The summed E-state index contributed by atoms with van der Waals surface area (Å²) in [6, 6.07) is 22.0. The minimum atomic E-state index is -3.62. The van der Waals surface area contributed by atoms with Crippen LogP contribution in [0.1, 0.15) is 40.4 Å². The summed E-state index contributed by atoms with van der Waals surface area (Å²) in [5.41, 5.74) is 2.93. The predicted molar refractivity (Wildman–Crippen MR) is 155 cm³/mol. The van der Waals surface area contributed by atoms with Crippen LogP contribution in [-0.2, 0) is 14.8 Å². The van der Waals surface area contributed by atoms with Crippen molar-refractivity contribution in [3.05, 3.63) is 99.5 Å². The molecule has 2 aliphatic heterocycles. The Morgan fingerprint density at radius 1 is 0.974 bits per heavy atom. The van der Waals surface area contributed by atoms with Crippen LogP contribution in [0, 0.1) is 5.92 Å². The van der Waals surface area contributed by atoms with E-state index in [1.165, 1.54) is 0 Å². The molecule has 0 bridgehead atoms. The number of sulfonamides is 1. The molecule has 7 nitrogen and oxygen atoms in total. The Morgan fingerprint density at radius 2 is 1.62 bits per heavy atom. The number of rotatable bonds is 10. The van der Waals surface area contributed by atoms with Crippen LogP contribution in [0.5, 0.6) is 0 Å². The first-order valence-corrected chi connectivity index (χ1v) is 15.4. The van der Waals surface area contributed by atoms with Crippen LogP contribution in [0.4, 0.5) is 5.69 Å². The van der Waals surface area contributed by atoms with Crippen molar-refractivity contribution >= 4 is 44.8 Å². The molecule has 1 atom stereocenters. The highest BCUT2D eigenvalue weighted by molar-refractivity contribution is 7.92. The zero-order chi connectivity index (χ0) is 27.4. The highest BCUT2D eigenvalue weighted by atomic mass is 35.5. The molecule has 39 heavy (non-hydrogen) atoms. The molecule has 2 aliphatic rings. The quantitative estimate of drug-likeness (QED) is 0.333. The van der Waals surface area contributed by atoms with Crippen molar-refractivity contribution in [2.75, 3.05) is 36.7 Å². The van der Waals surface area contributed by atoms with Gasteiger partial charge in [-0.3, -0.25) is 14.4 Å². The monoisotopic (exact) mass is 587 g/mol. The third-order valence-corrected chi connectivity index (χ3v) is 9.05. The lowest BCUT2D eigenvalue weighted by molar-refractivity contribution is 0.0813. The number of amides is 1. The van der Waals surface area contributed by atoms with E-state index in [-0.39, 0.29) is 29.7 Å². The van der Waals surface area contributed by atoms with Gasteiger partial charge in [-0.15, -0.1) is 0 Å². The second-order valence-electron chi connectivity index (χ2n) is 10.1. The summed E-state index contributed by atoms with van der Waals surface area (Å²) in [5, 5.41) is 4.20. The molecular weight excluding hydrogens is 557 g/mol. The lowest BCUT2D eigenvalue weighted by Crippen LogP contribution is -2.51. The van der Waals surface area contributed by atoms with Gasteiger partial charge in [0.05, 0.1) is 17.9 Å². The average molecular weight is 589 g/mol. The van der Waals surface area contributed by atoms with Gasteiger partial charge in [0.1, 0.15) is 0 Å². The zero-order valence-electron chi connectivity index (χ0n) is 21.4. The van der Waals surface area contributed by atoms with Crippen molar-refractivity contribution in [3.8, 4) is 0 Å². The summed E-state index contributed by atoms with van der Waals surface area (Å²) >= 11 is 12.2. The number of halogens is 2. The Bertz CT molecular complexity index is 1340. The van der Waals surface area contributed by atoms with Crippen molar-refractivity contribution in [1.82, 2.24) is 10.2 Å². The van der Waals surface area contributed by atoms with Gasteiger partial charge >= 0.3 is 0 Å². The largest absolute Gasteiger partial charge is 0.376 e. The summed E-state index contributed by atoms with van der Waals surface area (Å²) < 4.78 is 34.2. The molecule has 2 heterocycles. The maximum Gasteiger partial charge on any atom is 0.251 e. The molecule has 0 spiro atoms. The van der Waals surface area contributed by atoms with Crippen LogP contribution in [0.15, 0.2) is 72.8 Å². The Balaban J connectivity index is 1.19. The first-order valence-electron chi connectivity index (χ1n) is 13.0. The first-order chi connectivity index (χ1) is 18.8. The number of carbonyl (C=O) groups excluding carboxylic acids is 1. The minimum Gasteiger partial charge on any atom is -0.376 e. The molecule has 10 heteroatoms. The molecule has 0 radical (unpaired) electrons. The SMILES string of the molecule is O=C(NCC1CCCO1)c1cccc(NS(=O)(=O)CC2CN(C(c3ccc(Cl)cc3)c3ccc(Cl)cc3)C2)c1. The van der Waals surface area contributed by atoms with E-state index < -0.39 is 10.0 Å². The molecule has 1 amide bonds. The number of benzene rings is 3. The van der Waals surface area contributed by atoms with E-state index in [1.807, 2.05) is 48.5 Å². The molecule has 1 unspecified atom stereocenters. The topological polar surface area (TPSA) is 87.7 Å². The number of hydrogen-bond acceptors (Lipinski definition) is 5. The molecule has 0 saturated carbocycles. The van der Waals surface area contributed by atoms with Gasteiger partial charge in [-0.1, -0.05) is 53.5 Å². The molecule has 2 fully saturated rings. The number of nitrogens with zero attached hydrogens (tertiary/aromatic N) is 1. The summed E-state index contributed by atoms with van der Waals surface area (Å²) in [5.74, 6) is -0.286. The van der Waals surface area contributed by atoms with Crippen molar-refractivity contribution < 1.29 is 17.9 Å². The van der Waals surface area contributed by atoms with E-state index in [9.17, 15) is 13.2 Å². The Labute approximate surface area is 239 Å². The molecule has 3 aromatic rings. The number of nitrogens with one attached hydrogen (secondary N) is 2. The second-order valence-corrected chi connectivity index (χ2v) is 12.8. The standard InChI is InChI=1S/C29H31Cl2N3O4S/c30-24-10-6-21(7-11-24)28(22-8-12-25(31)13-9-22)34-17-20(18-34)19-39(36,37)33-26-4-1-3-23(15-26)29(35)32-16-27-5-2-14-38-27/h1,3-4,6-13,15,20,27-28,33H,2,5,14,16-19H2,(H,32,35). The summed E-state index contributed by atoms with van der Waals surface area (Å²) in [6.45, 7) is 2.42. The Morgan fingerprint density at radius 3 is 2.21 bits per heavy atom. The lowest BCUT2D eigenvalue weighted by Gasteiger charge is -2.44. The average Bonchev–Trinajstić information content (AvgIpc) is 3.41. The lowest BCUT2D eigenvalue weighted by atomic mass is 9.91. The predicted octanol–water partition coefficient (Wildman–Crippen LogP) is 5.37. The molecule has 206 valence electrons. The Kier molecular flexibility index (Phi) is 8.79. The smallest absolute Gasteiger partial charge is 0.251 e. The fraction of sp³-hybridized carbons (Fsp3) is 0.345. The van der Waals surface area contributed by atoms with E-state index in [0.717, 1.165) is 30.6 Å². The van der Waals surface area contributed by atoms with Crippen LogP contribution in [-0.4, -0.2) is 57.3 Å². The van der Waals surface area contributed by atoms with Gasteiger partial charge in [0.2, 0.25) is 10.0 Å². The maximum absolute atomic E-state index is 13.0. The van der Waals surface area contributed by atoms with Crippen LogP contribution in [0.2, 0.25) is 10.0 Å². The van der Waals surface area contributed by atoms with Crippen molar-refractivity contribution in [2.45, 2.75) is 25.0 Å². The molecule has 3 aromatic carbocycles. The first kappa shape index (κ1) is 27.9. The number of likely N-dealkylation sites (tertiary alicyclic amines) is 1. The van der Waals surface area contributed by atoms with Gasteiger partial charge in [0.25, 0.3) is 5.91 Å². The normalized spacial score (nSPS) is 18.2. The van der Waals surface area contributed by atoms with Crippen LogP contribution in [0.3, 0.4) is 0 Å². The van der Waals surface area contributed by atoms with Crippen LogP contribution < -0.4 is 10.0 Å². The van der Waals surface area contributed by atoms with Crippen molar-refractivity contribution in [3.63, 3.8) is 0 Å². The number of anilines is 1. The van der Waals surface area contributed by atoms with E-state index in [1.54, 1.807) is 24.3 Å². The van der Waals surface area contributed by atoms with Gasteiger partial charge in [-0.2, -0.15) is 0 Å². The van der Waals surface area contributed by atoms with Gasteiger partial charge in [0.15, 0.2) is 0 Å². The highest BCUT2D eigenvalue weighted by Gasteiger charge is 2.36. The molecule has 5 rings (SSSR count). The number of hydrogen-bond donors (Lipinski definition) is 2. The molecular formula is C29H31Cl2N3O4S. The number of ether oxygens (including phenoxy) is 1. The maximum atomic E-state index is 13.0. The van der Waals surface area contributed by atoms with E-state index in [0.29, 0.717) is 40.9 Å². The van der Waals surface area contributed by atoms with E-state index in [2.05, 4.69) is 14.9 Å². The second kappa shape index (κ2) is 12.3. The van der Waals surface area contributed by atoms with Gasteiger partial charge in [-0.05, 0) is 66.4 Å². The van der Waals surface area contributed by atoms with Gasteiger partial charge in [-0.25, -0.2) is 8.42 Å². The third-order valence-electron chi connectivity index (χ3n) is 7.09. The van der Waals surface area contributed by atoms with E-state index in [4.69, 9.17) is 27.9 Å². The molecule has 2 saturated heterocycles. The summed E-state index contributed by atoms with van der Waals surface area (Å²) in [6.07, 6.45) is 1.97. The zero-order valence-corrected chi connectivity index (χ0v) is 23.7. The minimum absolute atomic E-state index is 0.00705. The fourth-order valence-electron chi connectivity index (χ4n) is 5.20. The summed E-state index contributed by atoms with van der Waals surface area (Å²) in [7, 11) is -3.62. The summed E-state index contributed by atoms with van der Waals surface area (Å²) in [4.78, 5) is 14.8. The van der Waals surface area contributed by atoms with Crippen molar-refractivity contribution in [1.29, 1.82) is 0 Å². The van der Waals surface area contributed by atoms with Crippen molar-refractivity contribution in [2.24, 2.45) is 5.92 Å². The van der Waals surface area contributed by atoms with Crippen LogP contribution in [0.25, 0.3) is 0 Å².